The molecule has 1 aromatic heterocycles. The molecule has 1 N–H and O–H groups in total. The summed E-state index contributed by atoms with van der Waals surface area (Å²) in [7, 11) is 0. The van der Waals surface area contributed by atoms with Crippen LogP contribution in [0.2, 0.25) is 5.15 Å². The topological polar surface area (TPSA) is 72.0 Å². The Morgan fingerprint density at radius 2 is 1.64 bits per heavy atom. The van der Waals surface area contributed by atoms with E-state index in [9.17, 15) is 9.59 Å². The van der Waals surface area contributed by atoms with Crippen LogP contribution in [-0.2, 0) is 0 Å². The van der Waals surface area contributed by atoms with Crippen LogP contribution in [0.15, 0.2) is 60.7 Å². The number of benzene rings is 2. The second-order valence-electron chi connectivity index (χ2n) is 5.32. The fraction of sp³-hybridized carbons (Fsp3) is 0.0526. The van der Waals surface area contributed by atoms with E-state index in [0.29, 0.717) is 17.1 Å². The van der Waals surface area contributed by atoms with Crippen molar-refractivity contribution in [3.8, 4) is 11.4 Å². The number of aromatic nitrogens is 2. The SMILES string of the molecule is CC(=O)c1ccccc1NC(=O)c1cc(Cl)nc(-c2ccccc2)n1. The number of carbonyl (C=O) groups excluding carboxylic acids is 2. The zero-order valence-electron chi connectivity index (χ0n) is 13.4. The summed E-state index contributed by atoms with van der Waals surface area (Å²) in [5.41, 5.74) is 1.73. The minimum absolute atomic E-state index is 0.122. The monoisotopic (exact) mass is 351 g/mol. The molecule has 3 rings (SSSR count). The van der Waals surface area contributed by atoms with Gasteiger partial charge in [0.25, 0.3) is 5.91 Å². The summed E-state index contributed by atoms with van der Waals surface area (Å²) in [4.78, 5) is 32.7. The summed E-state index contributed by atoms with van der Waals surface area (Å²) in [5.74, 6) is -0.241. The van der Waals surface area contributed by atoms with E-state index in [4.69, 9.17) is 11.6 Å². The number of carbonyl (C=O) groups is 2. The van der Waals surface area contributed by atoms with E-state index in [-0.39, 0.29) is 16.6 Å². The first-order valence-corrected chi connectivity index (χ1v) is 7.94. The number of nitrogens with zero attached hydrogens (tertiary/aromatic N) is 2. The van der Waals surface area contributed by atoms with Gasteiger partial charge in [-0.1, -0.05) is 54.1 Å². The third kappa shape index (κ3) is 3.89. The minimum Gasteiger partial charge on any atom is -0.320 e. The lowest BCUT2D eigenvalue weighted by Crippen LogP contribution is -2.16. The Morgan fingerprint density at radius 3 is 2.36 bits per heavy atom. The van der Waals surface area contributed by atoms with Crippen molar-refractivity contribution in [2.45, 2.75) is 6.92 Å². The van der Waals surface area contributed by atoms with E-state index < -0.39 is 5.91 Å². The number of hydrogen-bond acceptors (Lipinski definition) is 4. The molecule has 1 amide bonds. The van der Waals surface area contributed by atoms with Crippen molar-refractivity contribution < 1.29 is 9.59 Å². The zero-order valence-corrected chi connectivity index (χ0v) is 14.1. The molecule has 0 aliphatic carbocycles. The molecule has 0 bridgehead atoms. The van der Waals surface area contributed by atoms with Gasteiger partial charge in [-0.3, -0.25) is 9.59 Å². The van der Waals surface area contributed by atoms with Crippen molar-refractivity contribution in [2.75, 3.05) is 5.32 Å². The Morgan fingerprint density at radius 1 is 0.960 bits per heavy atom. The Kier molecular flexibility index (Phi) is 4.86. The Labute approximate surface area is 149 Å². The standard InChI is InChI=1S/C19H14ClN3O2/c1-12(24)14-9-5-6-10-15(14)22-19(25)16-11-17(20)23-18(21-16)13-7-3-2-4-8-13/h2-11H,1H3,(H,22,25). The molecule has 3 aromatic rings. The van der Waals surface area contributed by atoms with Gasteiger partial charge >= 0.3 is 0 Å². The van der Waals surface area contributed by atoms with Gasteiger partial charge in [0.2, 0.25) is 0 Å². The molecule has 124 valence electrons. The number of halogens is 1. The fourth-order valence-corrected chi connectivity index (χ4v) is 2.52. The van der Waals surface area contributed by atoms with Gasteiger partial charge in [0.1, 0.15) is 10.8 Å². The molecule has 0 atom stereocenters. The van der Waals surface area contributed by atoms with Gasteiger partial charge in [-0.15, -0.1) is 0 Å². The molecule has 5 nitrogen and oxygen atoms in total. The largest absolute Gasteiger partial charge is 0.320 e. The molecule has 0 aliphatic heterocycles. The number of ketones is 1. The molecule has 0 saturated heterocycles. The number of Topliss-reactive ketones (excluding diaryl/α,β-unsaturated/α-hetero) is 1. The van der Waals surface area contributed by atoms with E-state index in [2.05, 4.69) is 15.3 Å². The normalized spacial score (nSPS) is 10.3. The van der Waals surface area contributed by atoms with Crippen LogP contribution in [0.25, 0.3) is 11.4 Å². The highest BCUT2D eigenvalue weighted by molar-refractivity contribution is 6.30. The lowest BCUT2D eigenvalue weighted by atomic mass is 10.1. The first kappa shape index (κ1) is 16.8. The van der Waals surface area contributed by atoms with Crippen LogP contribution in [0, 0.1) is 0 Å². The summed E-state index contributed by atoms with van der Waals surface area (Å²) < 4.78 is 0. The van der Waals surface area contributed by atoms with E-state index in [1.807, 2.05) is 30.3 Å². The van der Waals surface area contributed by atoms with E-state index in [1.165, 1.54) is 13.0 Å². The Balaban J connectivity index is 1.93. The van der Waals surface area contributed by atoms with Crippen LogP contribution in [0.5, 0.6) is 0 Å². The number of amides is 1. The predicted molar refractivity (Wildman–Crippen MR) is 96.9 cm³/mol. The van der Waals surface area contributed by atoms with Crippen LogP contribution < -0.4 is 5.32 Å². The Hall–Kier alpha value is -3.05. The molecular formula is C19H14ClN3O2. The molecule has 2 aromatic carbocycles. The summed E-state index contributed by atoms with van der Waals surface area (Å²) in [5, 5.41) is 2.87. The van der Waals surface area contributed by atoms with Crippen LogP contribution in [0.1, 0.15) is 27.8 Å². The number of anilines is 1. The van der Waals surface area contributed by atoms with Crippen LogP contribution in [0.3, 0.4) is 0 Å². The molecule has 0 fully saturated rings. The maximum Gasteiger partial charge on any atom is 0.274 e. The second kappa shape index (κ2) is 7.23. The quantitative estimate of drug-likeness (QED) is 0.563. The third-order valence-corrected chi connectivity index (χ3v) is 3.71. The molecule has 0 aliphatic rings. The molecule has 6 heteroatoms. The van der Waals surface area contributed by atoms with E-state index in [0.717, 1.165) is 5.56 Å². The summed E-state index contributed by atoms with van der Waals surface area (Å²) in [6, 6.07) is 17.4. The summed E-state index contributed by atoms with van der Waals surface area (Å²) >= 11 is 6.04. The average molecular weight is 352 g/mol. The third-order valence-electron chi connectivity index (χ3n) is 3.51. The first-order valence-electron chi connectivity index (χ1n) is 7.56. The molecule has 1 heterocycles. The number of hydrogen-bond donors (Lipinski definition) is 1. The van der Waals surface area contributed by atoms with Crippen LogP contribution in [-0.4, -0.2) is 21.7 Å². The lowest BCUT2D eigenvalue weighted by Gasteiger charge is -2.09. The predicted octanol–water partition coefficient (Wildman–Crippen LogP) is 4.25. The Bertz CT molecular complexity index is 942. The number of para-hydroxylation sites is 1. The molecule has 0 saturated carbocycles. The number of rotatable bonds is 4. The molecule has 0 unspecified atom stereocenters. The van der Waals surface area contributed by atoms with Gasteiger partial charge in [0.15, 0.2) is 11.6 Å². The average Bonchev–Trinajstić information content (AvgIpc) is 2.62. The maximum absolute atomic E-state index is 12.6. The molecule has 0 radical (unpaired) electrons. The van der Waals surface area contributed by atoms with Gasteiger partial charge in [0, 0.05) is 17.2 Å². The highest BCUT2D eigenvalue weighted by Crippen LogP contribution is 2.20. The highest BCUT2D eigenvalue weighted by Gasteiger charge is 2.15. The summed E-state index contributed by atoms with van der Waals surface area (Å²) in [6.07, 6.45) is 0. The van der Waals surface area contributed by atoms with Crippen molar-refractivity contribution in [1.29, 1.82) is 0 Å². The van der Waals surface area contributed by atoms with Gasteiger partial charge in [-0.25, -0.2) is 9.97 Å². The van der Waals surface area contributed by atoms with Gasteiger partial charge in [-0.05, 0) is 19.1 Å². The van der Waals surface area contributed by atoms with Gasteiger partial charge in [0.05, 0.1) is 5.69 Å². The number of nitrogens with one attached hydrogen (secondary N) is 1. The van der Waals surface area contributed by atoms with Crippen molar-refractivity contribution in [1.82, 2.24) is 9.97 Å². The highest BCUT2D eigenvalue weighted by atomic mass is 35.5. The summed E-state index contributed by atoms with van der Waals surface area (Å²) in [6.45, 7) is 1.44. The maximum atomic E-state index is 12.6. The fourth-order valence-electron chi connectivity index (χ4n) is 2.34. The van der Waals surface area contributed by atoms with E-state index in [1.54, 1.807) is 24.3 Å². The molecule has 0 spiro atoms. The van der Waals surface area contributed by atoms with Crippen LogP contribution >= 0.6 is 11.6 Å². The lowest BCUT2D eigenvalue weighted by molar-refractivity contribution is 0.101. The van der Waals surface area contributed by atoms with Crippen molar-refractivity contribution >= 4 is 29.0 Å². The zero-order chi connectivity index (χ0) is 17.8. The second-order valence-corrected chi connectivity index (χ2v) is 5.71. The minimum atomic E-state index is -0.463. The van der Waals surface area contributed by atoms with Crippen LogP contribution in [0.4, 0.5) is 5.69 Å². The van der Waals surface area contributed by atoms with Crippen molar-refractivity contribution in [3.05, 3.63) is 77.1 Å². The van der Waals surface area contributed by atoms with Gasteiger partial charge < -0.3 is 5.32 Å². The molecular weight excluding hydrogens is 338 g/mol. The molecule has 25 heavy (non-hydrogen) atoms. The van der Waals surface area contributed by atoms with E-state index >= 15 is 0 Å². The smallest absolute Gasteiger partial charge is 0.274 e. The van der Waals surface area contributed by atoms with Crippen molar-refractivity contribution in [2.24, 2.45) is 0 Å². The first-order chi connectivity index (χ1) is 12.0. The van der Waals surface area contributed by atoms with Crippen molar-refractivity contribution in [3.63, 3.8) is 0 Å². The van der Waals surface area contributed by atoms with Gasteiger partial charge in [-0.2, -0.15) is 0 Å².